The lowest BCUT2D eigenvalue weighted by molar-refractivity contribution is 0.0640. The maximum atomic E-state index is 12.5. The second kappa shape index (κ2) is 4.25. The van der Waals surface area contributed by atoms with Crippen LogP contribution in [0.25, 0.3) is 0 Å². The number of amides is 1. The molecule has 0 aromatic carbocycles. The topological polar surface area (TPSA) is 44.1 Å². The standard InChI is InChI=1S/C14H14N2OS/c1-9-6-10-2-3-11(7-9)16(10)14(17)13-5-4-12(8-15)18-13/h4-5,10-11H,1-3,6-7H2. The zero-order chi connectivity index (χ0) is 12.7. The van der Waals surface area contributed by atoms with Crippen molar-refractivity contribution in [1.29, 1.82) is 5.26 Å². The summed E-state index contributed by atoms with van der Waals surface area (Å²) in [5, 5.41) is 8.82. The number of hydrogen-bond acceptors (Lipinski definition) is 3. The van der Waals surface area contributed by atoms with Gasteiger partial charge in [0, 0.05) is 12.1 Å². The predicted molar refractivity (Wildman–Crippen MR) is 70.4 cm³/mol. The third kappa shape index (κ3) is 1.75. The minimum Gasteiger partial charge on any atom is -0.331 e. The Labute approximate surface area is 110 Å². The third-order valence-electron chi connectivity index (χ3n) is 3.83. The van der Waals surface area contributed by atoms with Gasteiger partial charge >= 0.3 is 0 Å². The van der Waals surface area contributed by atoms with Crippen molar-refractivity contribution in [2.45, 2.75) is 37.8 Å². The molecule has 92 valence electrons. The lowest BCUT2D eigenvalue weighted by Crippen LogP contribution is -2.44. The third-order valence-corrected chi connectivity index (χ3v) is 4.81. The minimum absolute atomic E-state index is 0.0986. The first-order valence-corrected chi connectivity index (χ1v) is 7.00. The monoisotopic (exact) mass is 258 g/mol. The summed E-state index contributed by atoms with van der Waals surface area (Å²) in [6.45, 7) is 4.06. The van der Waals surface area contributed by atoms with E-state index in [1.54, 1.807) is 12.1 Å². The summed E-state index contributed by atoms with van der Waals surface area (Å²) in [5.74, 6) is 0.0986. The van der Waals surface area contributed by atoms with Crippen molar-refractivity contribution in [3.63, 3.8) is 0 Å². The maximum absolute atomic E-state index is 12.5. The van der Waals surface area contributed by atoms with Crippen molar-refractivity contribution in [2.75, 3.05) is 0 Å². The molecule has 2 bridgehead atoms. The number of carbonyl (C=O) groups is 1. The van der Waals surface area contributed by atoms with Crippen LogP contribution in [0.15, 0.2) is 24.3 Å². The predicted octanol–water partition coefficient (Wildman–Crippen LogP) is 2.94. The first kappa shape index (κ1) is 11.5. The number of fused-ring (bicyclic) bond motifs is 2. The Morgan fingerprint density at radius 3 is 2.61 bits per heavy atom. The van der Waals surface area contributed by atoms with E-state index in [-0.39, 0.29) is 5.91 Å². The van der Waals surface area contributed by atoms with Crippen molar-refractivity contribution in [1.82, 2.24) is 4.90 Å². The van der Waals surface area contributed by atoms with Gasteiger partial charge in [-0.15, -0.1) is 11.3 Å². The Morgan fingerprint density at radius 2 is 2.06 bits per heavy atom. The van der Waals surface area contributed by atoms with E-state index in [0.29, 0.717) is 21.8 Å². The molecule has 18 heavy (non-hydrogen) atoms. The molecule has 0 aliphatic carbocycles. The second-order valence-corrected chi connectivity index (χ2v) is 6.12. The van der Waals surface area contributed by atoms with E-state index in [1.165, 1.54) is 16.9 Å². The van der Waals surface area contributed by atoms with Gasteiger partial charge in [-0.1, -0.05) is 12.2 Å². The zero-order valence-corrected chi connectivity index (χ0v) is 10.9. The molecule has 3 rings (SSSR count). The van der Waals surface area contributed by atoms with Gasteiger partial charge in [-0.05, 0) is 37.8 Å². The van der Waals surface area contributed by atoms with Gasteiger partial charge in [-0.25, -0.2) is 0 Å². The van der Waals surface area contributed by atoms with Crippen LogP contribution in [0.3, 0.4) is 0 Å². The van der Waals surface area contributed by atoms with Crippen molar-refractivity contribution >= 4 is 17.2 Å². The number of rotatable bonds is 1. The van der Waals surface area contributed by atoms with Crippen molar-refractivity contribution in [3.05, 3.63) is 34.0 Å². The van der Waals surface area contributed by atoms with Crippen LogP contribution >= 0.6 is 11.3 Å². The van der Waals surface area contributed by atoms with Crippen LogP contribution in [-0.2, 0) is 0 Å². The molecular weight excluding hydrogens is 244 g/mol. The van der Waals surface area contributed by atoms with E-state index < -0.39 is 0 Å². The summed E-state index contributed by atoms with van der Waals surface area (Å²) in [4.78, 5) is 15.8. The zero-order valence-electron chi connectivity index (χ0n) is 10.1. The molecule has 1 aromatic rings. The first-order chi connectivity index (χ1) is 8.69. The Morgan fingerprint density at radius 1 is 1.39 bits per heavy atom. The SMILES string of the molecule is C=C1CC2CCC(C1)N2C(=O)c1ccc(C#N)s1. The lowest BCUT2D eigenvalue weighted by atomic mass is 9.98. The number of thiophene rings is 1. The highest BCUT2D eigenvalue weighted by Crippen LogP contribution is 2.39. The molecule has 1 aromatic heterocycles. The summed E-state index contributed by atoms with van der Waals surface area (Å²) in [6, 6.07) is 6.24. The van der Waals surface area contributed by atoms with Crippen molar-refractivity contribution in [3.8, 4) is 6.07 Å². The number of nitriles is 1. The summed E-state index contributed by atoms with van der Waals surface area (Å²) in [6.07, 6.45) is 4.06. The van der Waals surface area contributed by atoms with Crippen LogP contribution in [0.4, 0.5) is 0 Å². The lowest BCUT2D eigenvalue weighted by Gasteiger charge is -2.35. The smallest absolute Gasteiger partial charge is 0.264 e. The average molecular weight is 258 g/mol. The van der Waals surface area contributed by atoms with Crippen LogP contribution < -0.4 is 0 Å². The van der Waals surface area contributed by atoms with Crippen molar-refractivity contribution in [2.24, 2.45) is 0 Å². The summed E-state index contributed by atoms with van der Waals surface area (Å²) in [7, 11) is 0. The minimum atomic E-state index is 0.0986. The van der Waals surface area contributed by atoms with Gasteiger partial charge in [0.1, 0.15) is 10.9 Å². The molecule has 0 spiro atoms. The highest BCUT2D eigenvalue weighted by atomic mass is 32.1. The van der Waals surface area contributed by atoms with Gasteiger partial charge in [0.2, 0.25) is 0 Å². The molecule has 0 N–H and O–H groups in total. The highest BCUT2D eigenvalue weighted by molar-refractivity contribution is 7.14. The molecule has 2 saturated heterocycles. The van der Waals surface area contributed by atoms with Crippen LogP contribution in [0.2, 0.25) is 0 Å². The summed E-state index contributed by atoms with van der Waals surface area (Å²) in [5.41, 5.74) is 1.27. The van der Waals surface area contributed by atoms with Gasteiger partial charge < -0.3 is 4.90 Å². The Hall–Kier alpha value is -1.60. The van der Waals surface area contributed by atoms with E-state index in [2.05, 4.69) is 12.6 Å². The van der Waals surface area contributed by atoms with E-state index >= 15 is 0 Å². The Balaban J connectivity index is 1.85. The summed E-state index contributed by atoms with van der Waals surface area (Å²) >= 11 is 1.29. The molecular formula is C14H14N2OS. The highest BCUT2D eigenvalue weighted by Gasteiger charge is 2.41. The number of nitrogens with zero attached hydrogens (tertiary/aromatic N) is 2. The fourth-order valence-electron chi connectivity index (χ4n) is 3.08. The summed E-state index contributed by atoms with van der Waals surface area (Å²) < 4.78 is 0. The molecule has 0 saturated carbocycles. The fraction of sp³-hybridized carbons (Fsp3) is 0.429. The van der Waals surface area contributed by atoms with Crippen LogP contribution in [0.5, 0.6) is 0 Å². The van der Waals surface area contributed by atoms with E-state index in [9.17, 15) is 4.79 Å². The van der Waals surface area contributed by atoms with Crippen LogP contribution in [0.1, 0.15) is 40.2 Å². The average Bonchev–Trinajstić information content (AvgIpc) is 2.92. The second-order valence-electron chi connectivity index (χ2n) is 5.03. The number of piperidine rings is 1. The van der Waals surface area contributed by atoms with Gasteiger partial charge in [-0.3, -0.25) is 4.79 Å². The molecule has 2 fully saturated rings. The van der Waals surface area contributed by atoms with E-state index in [4.69, 9.17) is 5.26 Å². The fourth-order valence-corrected chi connectivity index (χ4v) is 3.83. The number of hydrogen-bond donors (Lipinski definition) is 0. The first-order valence-electron chi connectivity index (χ1n) is 6.18. The van der Waals surface area contributed by atoms with Crippen molar-refractivity contribution < 1.29 is 4.79 Å². The molecule has 4 heteroatoms. The molecule has 2 unspecified atom stereocenters. The quantitative estimate of drug-likeness (QED) is 0.727. The maximum Gasteiger partial charge on any atom is 0.264 e. The molecule has 1 amide bonds. The Bertz CT molecular complexity index is 538. The van der Waals surface area contributed by atoms with Crippen LogP contribution in [0, 0.1) is 11.3 Å². The molecule has 3 nitrogen and oxygen atoms in total. The molecule has 3 heterocycles. The van der Waals surface area contributed by atoms with Gasteiger partial charge in [0.25, 0.3) is 5.91 Å². The van der Waals surface area contributed by atoms with Gasteiger partial charge in [-0.2, -0.15) is 5.26 Å². The normalized spacial score (nSPS) is 26.2. The molecule has 2 aliphatic rings. The van der Waals surface area contributed by atoms with E-state index in [1.807, 2.05) is 4.90 Å². The van der Waals surface area contributed by atoms with Gasteiger partial charge in [0.15, 0.2) is 0 Å². The number of carbonyl (C=O) groups excluding carboxylic acids is 1. The van der Waals surface area contributed by atoms with Crippen LogP contribution in [-0.4, -0.2) is 22.9 Å². The molecule has 0 radical (unpaired) electrons. The largest absolute Gasteiger partial charge is 0.331 e. The molecule has 2 atom stereocenters. The Kier molecular flexibility index (Phi) is 2.71. The van der Waals surface area contributed by atoms with Gasteiger partial charge in [0.05, 0.1) is 4.88 Å². The van der Waals surface area contributed by atoms with E-state index in [0.717, 1.165) is 25.7 Å². The molecule has 2 aliphatic heterocycles.